The minimum atomic E-state index is 0. The molecule has 95 valence electrons. The summed E-state index contributed by atoms with van der Waals surface area (Å²) in [5.74, 6) is 0.560. The fourth-order valence-electron chi connectivity index (χ4n) is 3.05. The van der Waals surface area contributed by atoms with Crippen LogP contribution in [0.3, 0.4) is 0 Å². The van der Waals surface area contributed by atoms with Crippen LogP contribution in [0.25, 0.3) is 0 Å². The maximum atomic E-state index is 3.70. The van der Waals surface area contributed by atoms with Gasteiger partial charge in [-0.15, -0.1) is 0 Å². The van der Waals surface area contributed by atoms with Gasteiger partial charge in [0.15, 0.2) is 0 Å². The van der Waals surface area contributed by atoms with Gasteiger partial charge >= 0.3 is 26.2 Å². The molecule has 1 radical (unpaired) electrons. The zero-order valence-electron chi connectivity index (χ0n) is 10.6. The summed E-state index contributed by atoms with van der Waals surface area (Å²) in [6, 6.07) is 0. The third kappa shape index (κ3) is 3.11. The molecule has 3 rings (SSSR count). The van der Waals surface area contributed by atoms with Crippen LogP contribution in [0.4, 0.5) is 0 Å². The molecule has 0 aliphatic heterocycles. The Bertz CT molecular complexity index is 416. The summed E-state index contributed by atoms with van der Waals surface area (Å²) in [7, 11) is 0. The summed E-state index contributed by atoms with van der Waals surface area (Å²) < 4.78 is 0. The SMILES string of the molecule is CCCC1=C2CCC1=[C-]C2C1=CC=CC1.[Cl-].[Cl-].[Zr+3]. The average Bonchev–Trinajstić information content (AvgIpc) is 2.93. The van der Waals surface area contributed by atoms with Crippen LogP contribution in [0.1, 0.15) is 39.0 Å². The monoisotopic (exact) mass is 357 g/mol. The molecule has 0 nitrogen and oxygen atoms in total. The Hall–Kier alpha value is 0.423. The van der Waals surface area contributed by atoms with Crippen molar-refractivity contribution in [1.29, 1.82) is 0 Å². The molecule has 0 aromatic rings. The van der Waals surface area contributed by atoms with E-state index in [1.165, 1.54) is 25.7 Å². The molecule has 3 heteroatoms. The quantitative estimate of drug-likeness (QED) is 0.518. The molecule has 18 heavy (non-hydrogen) atoms. The molecule has 0 saturated carbocycles. The second kappa shape index (κ2) is 7.88. The minimum Gasteiger partial charge on any atom is -1.00 e. The van der Waals surface area contributed by atoms with E-state index in [1.54, 1.807) is 22.3 Å². The van der Waals surface area contributed by atoms with E-state index in [0.717, 1.165) is 6.42 Å². The van der Waals surface area contributed by atoms with Gasteiger partial charge in [-0.25, -0.2) is 5.57 Å². The predicted octanol–water partition coefficient (Wildman–Crippen LogP) is -1.87. The number of hydrogen-bond acceptors (Lipinski definition) is 0. The maximum absolute atomic E-state index is 3.70. The van der Waals surface area contributed by atoms with Crippen LogP contribution < -0.4 is 24.8 Å². The smallest absolute Gasteiger partial charge is 1.00 e. The van der Waals surface area contributed by atoms with Crippen LogP contribution in [-0.4, -0.2) is 0 Å². The largest absolute Gasteiger partial charge is 3.00 e. The molecule has 0 fully saturated rings. The van der Waals surface area contributed by atoms with E-state index in [1.807, 2.05) is 0 Å². The van der Waals surface area contributed by atoms with E-state index >= 15 is 0 Å². The van der Waals surface area contributed by atoms with Gasteiger partial charge in [-0.1, -0.05) is 55.9 Å². The van der Waals surface area contributed by atoms with Crippen molar-refractivity contribution in [3.8, 4) is 0 Å². The summed E-state index contributed by atoms with van der Waals surface area (Å²) in [4.78, 5) is 0. The fraction of sp³-hybridized carbons (Fsp3) is 0.467. The third-order valence-corrected chi connectivity index (χ3v) is 3.73. The Morgan fingerprint density at radius 2 is 2.06 bits per heavy atom. The maximum Gasteiger partial charge on any atom is 3.00 e. The molecule has 0 heterocycles. The van der Waals surface area contributed by atoms with E-state index in [4.69, 9.17) is 0 Å². The number of halogens is 2. The van der Waals surface area contributed by atoms with Crippen molar-refractivity contribution in [2.45, 2.75) is 39.0 Å². The molecular formula is C15H17Cl2Zr. The molecule has 0 N–H and O–H groups in total. The molecule has 0 spiro atoms. The second-order valence-electron chi connectivity index (χ2n) is 4.68. The molecule has 3 aliphatic rings. The van der Waals surface area contributed by atoms with Gasteiger partial charge in [0.1, 0.15) is 0 Å². The number of rotatable bonds is 3. The standard InChI is InChI=1S/C15H17.2ClH.Zr/c1-2-5-13-12-8-9-14(13)15(10-12)11-6-3-4-7-11;;;/h3-4,6,15H,2,5,7-9H2,1H3;2*1H;/q-1;;;+3/p-2. The third-order valence-electron chi connectivity index (χ3n) is 3.73. The van der Waals surface area contributed by atoms with E-state index in [0.29, 0.717) is 5.92 Å². The average molecular weight is 359 g/mol. The first-order chi connectivity index (χ1) is 7.40. The van der Waals surface area contributed by atoms with Crippen molar-refractivity contribution >= 4 is 0 Å². The molecule has 0 saturated heterocycles. The first kappa shape index (κ1) is 18.4. The zero-order chi connectivity index (χ0) is 10.3. The number of hydrogen-bond donors (Lipinski definition) is 0. The molecule has 3 aliphatic carbocycles. The Kier molecular flexibility index (Phi) is 8.06. The van der Waals surface area contributed by atoms with Crippen molar-refractivity contribution < 1.29 is 51.0 Å². The van der Waals surface area contributed by atoms with Gasteiger partial charge in [0.2, 0.25) is 0 Å². The first-order valence-corrected chi connectivity index (χ1v) is 6.10. The summed E-state index contributed by atoms with van der Waals surface area (Å²) in [6.07, 6.45) is 16.7. The van der Waals surface area contributed by atoms with Gasteiger partial charge in [-0.2, -0.15) is 11.1 Å². The van der Waals surface area contributed by atoms with Gasteiger partial charge in [0.05, 0.1) is 0 Å². The van der Waals surface area contributed by atoms with Gasteiger partial charge in [-0.05, 0) is 12.8 Å². The molecular weight excluding hydrogens is 342 g/mol. The van der Waals surface area contributed by atoms with Gasteiger partial charge in [0.25, 0.3) is 0 Å². The van der Waals surface area contributed by atoms with Crippen LogP contribution in [0, 0.1) is 12.0 Å². The molecule has 0 aromatic carbocycles. The predicted molar refractivity (Wildman–Crippen MR) is 63.3 cm³/mol. The van der Waals surface area contributed by atoms with Gasteiger partial charge in [0, 0.05) is 0 Å². The summed E-state index contributed by atoms with van der Waals surface area (Å²) in [5.41, 5.74) is 6.47. The van der Waals surface area contributed by atoms with Crippen molar-refractivity contribution in [2.24, 2.45) is 5.92 Å². The normalized spacial score (nSPS) is 23.1. The number of allylic oxidation sites excluding steroid dienone is 8. The fourth-order valence-corrected chi connectivity index (χ4v) is 3.05. The number of fused-ring (bicyclic) bond motifs is 1. The molecule has 1 unspecified atom stereocenters. The van der Waals surface area contributed by atoms with Gasteiger partial charge in [-0.3, -0.25) is 6.08 Å². The van der Waals surface area contributed by atoms with E-state index in [2.05, 4.69) is 31.2 Å². The van der Waals surface area contributed by atoms with Crippen LogP contribution in [0.15, 0.2) is 40.5 Å². The Labute approximate surface area is 142 Å². The Morgan fingerprint density at radius 3 is 2.67 bits per heavy atom. The van der Waals surface area contributed by atoms with Crippen LogP contribution >= 0.6 is 0 Å². The topological polar surface area (TPSA) is 0 Å². The molecule has 0 amide bonds. The van der Waals surface area contributed by atoms with Crippen molar-refractivity contribution in [3.63, 3.8) is 0 Å². The summed E-state index contributed by atoms with van der Waals surface area (Å²) in [5, 5.41) is 0. The first-order valence-electron chi connectivity index (χ1n) is 6.10. The second-order valence-corrected chi connectivity index (χ2v) is 4.68. The summed E-state index contributed by atoms with van der Waals surface area (Å²) in [6.45, 7) is 2.28. The summed E-state index contributed by atoms with van der Waals surface area (Å²) >= 11 is 0. The Balaban J connectivity index is 0.000000963. The molecule has 2 bridgehead atoms. The Morgan fingerprint density at radius 1 is 1.28 bits per heavy atom. The van der Waals surface area contributed by atoms with E-state index < -0.39 is 0 Å². The van der Waals surface area contributed by atoms with Crippen LogP contribution in [0.2, 0.25) is 0 Å². The van der Waals surface area contributed by atoms with Crippen molar-refractivity contribution in [1.82, 2.24) is 0 Å². The molecule has 1 atom stereocenters. The van der Waals surface area contributed by atoms with E-state index in [9.17, 15) is 0 Å². The van der Waals surface area contributed by atoms with Gasteiger partial charge < -0.3 is 24.8 Å². The molecule has 0 aromatic heterocycles. The minimum absolute atomic E-state index is 0. The van der Waals surface area contributed by atoms with Crippen LogP contribution in [-0.2, 0) is 26.2 Å². The van der Waals surface area contributed by atoms with Crippen LogP contribution in [0.5, 0.6) is 0 Å². The zero-order valence-corrected chi connectivity index (χ0v) is 14.6. The van der Waals surface area contributed by atoms with E-state index in [-0.39, 0.29) is 51.0 Å². The van der Waals surface area contributed by atoms with Crippen molar-refractivity contribution in [3.05, 3.63) is 46.6 Å². The van der Waals surface area contributed by atoms with Crippen molar-refractivity contribution in [2.75, 3.05) is 0 Å².